The van der Waals surface area contributed by atoms with Crippen molar-refractivity contribution in [3.8, 4) is 11.6 Å². The van der Waals surface area contributed by atoms with E-state index in [4.69, 9.17) is 9.15 Å². The fourth-order valence-electron chi connectivity index (χ4n) is 3.86. The van der Waals surface area contributed by atoms with Gasteiger partial charge in [-0.1, -0.05) is 5.11 Å². The Morgan fingerprint density at radius 3 is 2.00 bits per heavy atom. The zero-order chi connectivity index (χ0) is 34.5. The number of oxazole rings is 1. The summed E-state index contributed by atoms with van der Waals surface area (Å²) in [4.78, 5) is 39.3. The summed E-state index contributed by atoms with van der Waals surface area (Å²) in [5.74, 6) is -5.38. The molecule has 1 atom stereocenters. The summed E-state index contributed by atoms with van der Waals surface area (Å²) >= 11 is 0. The molecule has 0 aliphatic heterocycles. The molecule has 2 aromatic carbocycles. The Morgan fingerprint density at radius 2 is 1.48 bits per heavy atom. The lowest BCUT2D eigenvalue weighted by Crippen LogP contribution is -2.34. The van der Waals surface area contributed by atoms with Gasteiger partial charge in [0.25, 0.3) is 35.9 Å². The minimum atomic E-state index is -5.13. The molecule has 5 N–H and O–H groups in total. The van der Waals surface area contributed by atoms with Crippen molar-refractivity contribution in [2.75, 3.05) is 0 Å². The molecular weight excluding hydrogens is 684 g/mol. The third kappa shape index (κ3) is 6.77. The van der Waals surface area contributed by atoms with Crippen LogP contribution in [-0.4, -0.2) is 70.6 Å². The first-order valence-electron chi connectivity index (χ1n) is 11.9. The molecule has 4 aromatic rings. The van der Waals surface area contributed by atoms with Crippen LogP contribution in [0, 0.1) is 6.92 Å². The van der Waals surface area contributed by atoms with E-state index in [0.717, 1.165) is 32.0 Å². The molecule has 1 unspecified atom stereocenters. The monoisotopic (exact) mass is 702 g/mol. The van der Waals surface area contributed by atoms with E-state index in [-0.39, 0.29) is 15.7 Å². The summed E-state index contributed by atoms with van der Waals surface area (Å²) < 4.78 is 108. The summed E-state index contributed by atoms with van der Waals surface area (Å²) in [6.45, 7) is 1.97. The van der Waals surface area contributed by atoms with Gasteiger partial charge in [-0.05, 0) is 32.0 Å². The number of pyridine rings is 1. The van der Waals surface area contributed by atoms with E-state index in [1.807, 2.05) is 0 Å². The quantitative estimate of drug-likeness (QED) is 0.0720. The summed E-state index contributed by atoms with van der Waals surface area (Å²) in [5, 5.41) is 27.7. The van der Waals surface area contributed by atoms with E-state index < -0.39 is 103 Å². The van der Waals surface area contributed by atoms with Crippen LogP contribution >= 0.6 is 0 Å². The molecular formula is C23H18N4O16S3. The largest absolute Gasteiger partial charge is 0.493 e. The van der Waals surface area contributed by atoms with Crippen molar-refractivity contribution in [2.45, 2.75) is 34.6 Å². The number of hydrogen-bond donors (Lipinski definition) is 5. The molecule has 0 saturated carbocycles. The molecule has 0 radical (unpaired) electrons. The van der Waals surface area contributed by atoms with Crippen LogP contribution in [0.3, 0.4) is 0 Å². The highest BCUT2D eigenvalue weighted by Crippen LogP contribution is 2.35. The lowest BCUT2D eigenvalue weighted by molar-refractivity contribution is -0.140. The molecule has 0 spiro atoms. The molecule has 2 aromatic heterocycles. The molecule has 0 saturated heterocycles. The predicted molar refractivity (Wildman–Crippen MR) is 148 cm³/mol. The van der Waals surface area contributed by atoms with Crippen molar-refractivity contribution in [1.82, 2.24) is 9.55 Å². The van der Waals surface area contributed by atoms with Crippen LogP contribution in [0.15, 0.2) is 70.5 Å². The predicted octanol–water partition coefficient (Wildman–Crippen LogP) is 2.02. The summed E-state index contributed by atoms with van der Waals surface area (Å²) in [6, 6.07) is 1.91. The molecule has 0 aliphatic rings. The van der Waals surface area contributed by atoms with Gasteiger partial charge in [0, 0.05) is 23.8 Å². The van der Waals surface area contributed by atoms with Gasteiger partial charge in [-0.3, -0.25) is 23.0 Å². The number of aliphatic carboxylic acids is 1. The third-order valence-corrected chi connectivity index (χ3v) is 8.61. The number of hydrogen-bond acceptors (Lipinski definition) is 15. The minimum absolute atomic E-state index is 0.0346. The SMILES string of the molecule is Cc1c(/N=N/c2nc3ccc(S(=O)(=O)O)cc3o2)c(O)n(C(C)C(=O)O)c(=O)c1C(=O)Oc1cc(S(=O)(=O)O)cc(S(=O)(=O)O)c1. The minimum Gasteiger partial charge on any atom is -0.493 e. The molecule has 0 aliphatic carbocycles. The lowest BCUT2D eigenvalue weighted by atomic mass is 10.1. The maximum atomic E-state index is 13.3. The van der Waals surface area contributed by atoms with Gasteiger partial charge in [-0.15, -0.1) is 5.11 Å². The molecule has 0 amide bonds. The molecule has 244 valence electrons. The van der Waals surface area contributed by atoms with Crippen molar-refractivity contribution in [1.29, 1.82) is 0 Å². The van der Waals surface area contributed by atoms with Crippen LogP contribution in [0.5, 0.6) is 11.6 Å². The molecule has 0 fully saturated rings. The fourth-order valence-corrected chi connectivity index (χ4v) is 5.51. The second-order valence-corrected chi connectivity index (χ2v) is 13.4. The number of aromatic nitrogens is 2. The van der Waals surface area contributed by atoms with Crippen molar-refractivity contribution in [3.63, 3.8) is 0 Å². The van der Waals surface area contributed by atoms with Crippen LogP contribution in [0.2, 0.25) is 0 Å². The van der Waals surface area contributed by atoms with Crippen LogP contribution in [0.25, 0.3) is 11.1 Å². The number of benzene rings is 2. The summed E-state index contributed by atoms with van der Waals surface area (Å²) in [6.07, 6.45) is 0. The highest BCUT2D eigenvalue weighted by Gasteiger charge is 2.30. The first-order chi connectivity index (χ1) is 21.1. The highest BCUT2D eigenvalue weighted by atomic mass is 32.2. The van der Waals surface area contributed by atoms with Crippen LogP contribution in [-0.2, 0) is 35.1 Å². The fraction of sp³-hybridized carbons (Fsp3) is 0.130. The normalized spacial score (nSPS) is 13.2. The van der Waals surface area contributed by atoms with Gasteiger partial charge in [0.15, 0.2) is 5.58 Å². The number of fused-ring (bicyclic) bond motifs is 1. The maximum Gasteiger partial charge on any atom is 0.349 e. The zero-order valence-electron chi connectivity index (χ0n) is 22.8. The van der Waals surface area contributed by atoms with Crippen LogP contribution < -0.4 is 10.3 Å². The Bertz CT molecular complexity index is 2330. The van der Waals surface area contributed by atoms with Gasteiger partial charge in [-0.25, -0.2) is 9.59 Å². The molecule has 0 bridgehead atoms. The topological polar surface area (TPSA) is 320 Å². The number of carboxylic acid groups (broad SMARTS) is 1. The average molecular weight is 703 g/mol. The molecule has 4 rings (SSSR count). The molecule has 20 nitrogen and oxygen atoms in total. The highest BCUT2D eigenvalue weighted by molar-refractivity contribution is 7.86. The molecule has 2 heterocycles. The van der Waals surface area contributed by atoms with Gasteiger partial charge in [0.1, 0.15) is 28.6 Å². The van der Waals surface area contributed by atoms with Gasteiger partial charge in [-0.2, -0.15) is 30.2 Å². The summed E-state index contributed by atoms with van der Waals surface area (Å²) in [5.41, 5.74) is -3.85. The van der Waals surface area contributed by atoms with Gasteiger partial charge in [0.05, 0.1) is 14.7 Å². The Kier molecular flexibility index (Phi) is 8.60. The van der Waals surface area contributed by atoms with E-state index in [1.54, 1.807) is 0 Å². The molecule has 46 heavy (non-hydrogen) atoms. The van der Waals surface area contributed by atoms with E-state index in [0.29, 0.717) is 18.2 Å². The number of carbonyl (C=O) groups is 2. The Labute approximate surface area is 256 Å². The number of aromatic hydroxyl groups is 1. The van der Waals surface area contributed by atoms with Crippen molar-refractivity contribution < 1.29 is 67.9 Å². The van der Waals surface area contributed by atoms with Crippen molar-refractivity contribution in [2.24, 2.45) is 10.2 Å². The van der Waals surface area contributed by atoms with Crippen LogP contribution in [0.4, 0.5) is 11.7 Å². The van der Waals surface area contributed by atoms with Crippen LogP contribution in [0.1, 0.15) is 28.9 Å². The second-order valence-electron chi connectivity index (χ2n) is 9.14. The first kappa shape index (κ1) is 33.8. The third-order valence-electron chi connectivity index (χ3n) is 6.09. The lowest BCUT2D eigenvalue weighted by Gasteiger charge is -2.18. The number of ether oxygens (including phenoxy) is 1. The number of rotatable bonds is 9. The average Bonchev–Trinajstić information content (AvgIpc) is 3.33. The van der Waals surface area contributed by atoms with E-state index >= 15 is 0 Å². The first-order valence-corrected chi connectivity index (χ1v) is 16.2. The van der Waals surface area contributed by atoms with E-state index in [1.165, 1.54) is 0 Å². The van der Waals surface area contributed by atoms with Gasteiger partial charge < -0.3 is 19.4 Å². The smallest absolute Gasteiger partial charge is 0.349 e. The summed E-state index contributed by atoms with van der Waals surface area (Å²) in [7, 11) is -14.9. The van der Waals surface area contributed by atoms with Crippen molar-refractivity contribution in [3.05, 3.63) is 57.9 Å². The van der Waals surface area contributed by atoms with E-state index in [2.05, 4.69) is 15.2 Å². The Morgan fingerprint density at radius 1 is 0.913 bits per heavy atom. The number of carbonyl (C=O) groups excluding carboxylic acids is 1. The number of carboxylic acids is 1. The Balaban J connectivity index is 1.87. The number of nitrogens with zero attached hydrogens (tertiary/aromatic N) is 4. The number of azo groups is 1. The molecule has 23 heteroatoms. The van der Waals surface area contributed by atoms with Gasteiger partial charge >= 0.3 is 18.0 Å². The van der Waals surface area contributed by atoms with Gasteiger partial charge in [0.2, 0.25) is 5.88 Å². The second kappa shape index (κ2) is 11.7. The zero-order valence-corrected chi connectivity index (χ0v) is 25.2. The van der Waals surface area contributed by atoms with E-state index in [9.17, 15) is 63.5 Å². The maximum absolute atomic E-state index is 13.3. The standard InChI is InChI=1S/C23H18N4O16S3/c1-9-17(22(32)42-11-5-13(45(36,37)38)7-14(6-11)46(39,40)41)19(28)27(10(2)21(30)31)20(29)18(9)25-26-23-24-15-4-3-12(44(33,34)35)8-16(15)43-23/h3-8,10,29H,1-2H3,(H,30,31)(H,33,34,35)(H,36,37,38)(H,39,40,41)/b26-25+. The Hall–Kier alpha value is -5.07. The number of esters is 1. The van der Waals surface area contributed by atoms with Crippen molar-refractivity contribution >= 4 is 65.1 Å².